The quantitative estimate of drug-likeness (QED) is 0.376. The highest BCUT2D eigenvalue weighted by atomic mass is 32.2. The summed E-state index contributed by atoms with van der Waals surface area (Å²) in [5, 5.41) is 12.3. The standard InChI is InChI=1S/C28H26F3N5O4S/c1-27(2)25(37)36(21-12-9-18(16-32)23(15-21)28(29,30)31)26(38)35(27)17-19-7-5-6-8-24(19)33-20-10-13-22(14-11-20)41(39,40)34(3)4/h5-15,33H,17H2,1-4H3. The van der Waals surface area contributed by atoms with Crippen molar-refractivity contribution < 1.29 is 31.2 Å². The Kier molecular flexibility index (Phi) is 7.59. The number of nitriles is 1. The fraction of sp³-hybridized carbons (Fsp3) is 0.250. The van der Waals surface area contributed by atoms with Crippen molar-refractivity contribution in [2.45, 2.75) is 37.0 Å². The maximum absolute atomic E-state index is 13.6. The predicted octanol–water partition coefficient (Wildman–Crippen LogP) is 5.32. The number of para-hydroxylation sites is 1. The fourth-order valence-electron chi connectivity index (χ4n) is 4.36. The van der Waals surface area contributed by atoms with Crippen molar-refractivity contribution in [2.75, 3.05) is 24.3 Å². The smallest absolute Gasteiger partial charge is 0.355 e. The molecule has 1 heterocycles. The van der Waals surface area contributed by atoms with Crippen LogP contribution in [-0.4, -0.2) is 49.2 Å². The van der Waals surface area contributed by atoms with E-state index in [9.17, 15) is 31.2 Å². The third kappa shape index (κ3) is 5.48. The van der Waals surface area contributed by atoms with Gasteiger partial charge in [0.1, 0.15) is 5.54 Å². The van der Waals surface area contributed by atoms with E-state index in [1.165, 1.54) is 51.0 Å². The number of nitrogens with zero attached hydrogens (tertiary/aromatic N) is 4. The number of urea groups is 1. The van der Waals surface area contributed by atoms with Gasteiger partial charge in [0.25, 0.3) is 5.91 Å². The molecule has 0 aromatic heterocycles. The number of imide groups is 1. The molecule has 3 aromatic carbocycles. The number of carbonyl (C=O) groups is 2. The highest BCUT2D eigenvalue weighted by Gasteiger charge is 2.52. The minimum Gasteiger partial charge on any atom is -0.355 e. The van der Waals surface area contributed by atoms with Crippen LogP contribution in [0, 0.1) is 11.3 Å². The molecule has 1 saturated heterocycles. The van der Waals surface area contributed by atoms with Crippen molar-refractivity contribution in [1.29, 1.82) is 5.26 Å². The van der Waals surface area contributed by atoms with Crippen molar-refractivity contribution in [3.8, 4) is 6.07 Å². The van der Waals surface area contributed by atoms with Gasteiger partial charge in [-0.1, -0.05) is 18.2 Å². The van der Waals surface area contributed by atoms with E-state index in [-0.39, 0.29) is 17.1 Å². The normalized spacial score (nSPS) is 15.4. The Balaban J connectivity index is 1.63. The highest BCUT2D eigenvalue weighted by Crippen LogP contribution is 2.38. The Labute approximate surface area is 235 Å². The second-order valence-corrected chi connectivity index (χ2v) is 12.2. The van der Waals surface area contributed by atoms with Gasteiger partial charge in [0.2, 0.25) is 10.0 Å². The Morgan fingerprint density at radius 2 is 1.63 bits per heavy atom. The van der Waals surface area contributed by atoms with Crippen molar-refractivity contribution in [1.82, 2.24) is 9.21 Å². The van der Waals surface area contributed by atoms with E-state index >= 15 is 0 Å². The van der Waals surface area contributed by atoms with Gasteiger partial charge < -0.3 is 10.2 Å². The molecule has 0 unspecified atom stereocenters. The fourth-order valence-corrected chi connectivity index (χ4v) is 5.26. The second kappa shape index (κ2) is 10.5. The number of benzene rings is 3. The minimum absolute atomic E-state index is 0.0628. The zero-order valence-corrected chi connectivity index (χ0v) is 23.3. The van der Waals surface area contributed by atoms with Gasteiger partial charge in [-0.15, -0.1) is 0 Å². The van der Waals surface area contributed by atoms with Crippen LogP contribution in [-0.2, 0) is 27.5 Å². The molecule has 4 rings (SSSR count). The number of nitrogens with one attached hydrogen (secondary N) is 1. The summed E-state index contributed by atoms with van der Waals surface area (Å²) in [4.78, 5) is 28.9. The molecule has 3 aromatic rings. The molecule has 0 saturated carbocycles. The molecule has 1 aliphatic rings. The van der Waals surface area contributed by atoms with E-state index in [0.29, 0.717) is 27.9 Å². The van der Waals surface area contributed by atoms with Gasteiger partial charge in [-0.3, -0.25) is 4.79 Å². The van der Waals surface area contributed by atoms with Crippen LogP contribution in [0.15, 0.2) is 71.6 Å². The van der Waals surface area contributed by atoms with Crippen LogP contribution < -0.4 is 10.2 Å². The second-order valence-electron chi connectivity index (χ2n) is 10.0. The van der Waals surface area contributed by atoms with E-state index in [4.69, 9.17) is 5.26 Å². The molecule has 0 radical (unpaired) electrons. The van der Waals surface area contributed by atoms with Crippen molar-refractivity contribution >= 4 is 39.0 Å². The Morgan fingerprint density at radius 3 is 2.22 bits per heavy atom. The number of carbonyl (C=O) groups excluding carboxylic acids is 2. The summed E-state index contributed by atoms with van der Waals surface area (Å²) < 4.78 is 66.5. The summed E-state index contributed by atoms with van der Waals surface area (Å²) in [5.74, 6) is -0.719. The summed E-state index contributed by atoms with van der Waals surface area (Å²) in [5.41, 5.74) is -1.82. The predicted molar refractivity (Wildman–Crippen MR) is 146 cm³/mol. The largest absolute Gasteiger partial charge is 0.417 e. The molecule has 0 aliphatic carbocycles. The van der Waals surface area contributed by atoms with E-state index in [0.717, 1.165) is 16.4 Å². The van der Waals surface area contributed by atoms with Gasteiger partial charge in [-0.25, -0.2) is 22.4 Å². The first kappa shape index (κ1) is 29.6. The van der Waals surface area contributed by atoms with Crippen LogP contribution in [0.2, 0.25) is 0 Å². The lowest BCUT2D eigenvalue weighted by Gasteiger charge is -2.28. The lowest BCUT2D eigenvalue weighted by Crippen LogP contribution is -2.43. The minimum atomic E-state index is -4.86. The Bertz CT molecular complexity index is 1660. The molecule has 0 spiro atoms. The zero-order chi connectivity index (χ0) is 30.3. The summed E-state index contributed by atoms with van der Waals surface area (Å²) in [6, 6.07) is 16.4. The van der Waals surface area contributed by atoms with Gasteiger partial charge >= 0.3 is 12.2 Å². The molecule has 1 N–H and O–H groups in total. The number of rotatable bonds is 7. The van der Waals surface area contributed by atoms with Crippen LogP contribution in [0.3, 0.4) is 0 Å². The zero-order valence-electron chi connectivity index (χ0n) is 22.5. The number of anilines is 3. The molecule has 1 fully saturated rings. The molecule has 0 bridgehead atoms. The summed E-state index contributed by atoms with van der Waals surface area (Å²) in [6.45, 7) is 2.94. The first-order valence-electron chi connectivity index (χ1n) is 12.2. The summed E-state index contributed by atoms with van der Waals surface area (Å²) >= 11 is 0. The lowest BCUT2D eigenvalue weighted by molar-refractivity contribution is -0.137. The van der Waals surface area contributed by atoms with Gasteiger partial charge in [0.15, 0.2) is 0 Å². The van der Waals surface area contributed by atoms with E-state index in [1.807, 2.05) is 0 Å². The third-order valence-corrected chi connectivity index (χ3v) is 8.60. The molecule has 9 nitrogen and oxygen atoms in total. The average Bonchev–Trinajstić information content (AvgIpc) is 3.08. The number of sulfonamides is 1. The molecule has 3 amide bonds. The number of alkyl halides is 3. The van der Waals surface area contributed by atoms with Crippen LogP contribution in [0.1, 0.15) is 30.5 Å². The molecule has 13 heteroatoms. The third-order valence-electron chi connectivity index (χ3n) is 6.77. The maximum atomic E-state index is 13.6. The van der Waals surface area contributed by atoms with Crippen LogP contribution in [0.5, 0.6) is 0 Å². The monoisotopic (exact) mass is 585 g/mol. The molecule has 214 valence electrons. The Hall–Kier alpha value is -4.41. The van der Waals surface area contributed by atoms with E-state index in [2.05, 4.69) is 5.32 Å². The number of halogens is 3. The van der Waals surface area contributed by atoms with E-state index in [1.54, 1.807) is 36.4 Å². The molecule has 41 heavy (non-hydrogen) atoms. The topological polar surface area (TPSA) is 114 Å². The molecule has 0 atom stereocenters. The van der Waals surface area contributed by atoms with Crippen molar-refractivity contribution in [2.24, 2.45) is 0 Å². The SMILES string of the molecule is CN(C)S(=O)(=O)c1ccc(Nc2ccccc2CN2C(=O)N(c3ccc(C#N)c(C(F)(F)F)c3)C(=O)C2(C)C)cc1. The van der Waals surface area contributed by atoms with Crippen LogP contribution in [0.4, 0.5) is 35.0 Å². The van der Waals surface area contributed by atoms with Gasteiger partial charge in [-0.05, 0) is 67.9 Å². The summed E-state index contributed by atoms with van der Waals surface area (Å²) in [7, 11) is -0.748. The molecular weight excluding hydrogens is 559 g/mol. The first-order chi connectivity index (χ1) is 19.1. The number of hydrogen-bond donors (Lipinski definition) is 1. The molecular formula is C28H26F3N5O4S. The van der Waals surface area contributed by atoms with E-state index < -0.39 is 44.8 Å². The Morgan fingerprint density at radius 1 is 1.00 bits per heavy atom. The van der Waals surface area contributed by atoms with Crippen molar-refractivity contribution in [3.05, 3.63) is 83.4 Å². The van der Waals surface area contributed by atoms with Gasteiger partial charge in [-0.2, -0.15) is 18.4 Å². The highest BCUT2D eigenvalue weighted by molar-refractivity contribution is 7.89. The average molecular weight is 586 g/mol. The first-order valence-corrected chi connectivity index (χ1v) is 13.7. The number of hydrogen-bond acceptors (Lipinski definition) is 6. The maximum Gasteiger partial charge on any atom is 0.417 e. The lowest BCUT2D eigenvalue weighted by atomic mass is 10.0. The van der Waals surface area contributed by atoms with Crippen LogP contribution >= 0.6 is 0 Å². The van der Waals surface area contributed by atoms with Crippen LogP contribution in [0.25, 0.3) is 0 Å². The van der Waals surface area contributed by atoms with Crippen molar-refractivity contribution in [3.63, 3.8) is 0 Å². The van der Waals surface area contributed by atoms with Gasteiger partial charge in [0, 0.05) is 25.5 Å². The number of amides is 3. The summed E-state index contributed by atoms with van der Waals surface area (Å²) in [6.07, 6.45) is -4.86. The molecule has 1 aliphatic heterocycles. The van der Waals surface area contributed by atoms with Gasteiger partial charge in [0.05, 0.1) is 34.3 Å².